The number of likely N-dealkylation sites (tertiary alicyclic amines) is 2. The second-order valence-electron chi connectivity index (χ2n) is 12.0. The summed E-state index contributed by atoms with van der Waals surface area (Å²) in [5.74, 6) is -0.472. The highest BCUT2D eigenvalue weighted by Crippen LogP contribution is 2.26. The Morgan fingerprint density at radius 1 is 1.10 bits per heavy atom. The van der Waals surface area contributed by atoms with Crippen molar-refractivity contribution in [3.63, 3.8) is 0 Å². The molecule has 11 nitrogen and oxygen atoms in total. The van der Waals surface area contributed by atoms with E-state index in [4.69, 9.17) is 14.2 Å². The first-order valence-corrected chi connectivity index (χ1v) is 14.8. The van der Waals surface area contributed by atoms with Crippen molar-refractivity contribution in [1.29, 1.82) is 0 Å². The van der Waals surface area contributed by atoms with Crippen molar-refractivity contribution in [3.05, 3.63) is 24.0 Å². The van der Waals surface area contributed by atoms with Gasteiger partial charge in [-0.15, -0.1) is 0 Å². The summed E-state index contributed by atoms with van der Waals surface area (Å²) in [7, 11) is 1.27. The Morgan fingerprint density at radius 3 is 2.50 bits per heavy atom. The van der Waals surface area contributed by atoms with E-state index in [0.29, 0.717) is 62.7 Å². The van der Waals surface area contributed by atoms with Gasteiger partial charge < -0.3 is 29.3 Å². The van der Waals surface area contributed by atoms with Crippen LogP contribution in [0.1, 0.15) is 77.3 Å². The van der Waals surface area contributed by atoms with Crippen LogP contribution in [-0.2, 0) is 23.9 Å². The lowest BCUT2D eigenvalue weighted by molar-refractivity contribution is -0.141. The van der Waals surface area contributed by atoms with Crippen LogP contribution in [-0.4, -0.2) is 90.8 Å². The van der Waals surface area contributed by atoms with Gasteiger partial charge in [-0.05, 0) is 70.4 Å². The number of alkyl halides is 1. The van der Waals surface area contributed by atoms with Crippen LogP contribution in [0.2, 0.25) is 0 Å². The minimum absolute atomic E-state index is 0.0232. The van der Waals surface area contributed by atoms with Crippen molar-refractivity contribution >= 4 is 23.9 Å². The SMILES string of the molecule is COC(=O)C[C@H](NC(=O)[C@@H]1CCCN(C(=O)CCC2CCN(C(=O)OC(C)(C)C)CC2)C1)c1cncc(OCC[18F])c1. The molecule has 0 aromatic carbocycles. The predicted molar refractivity (Wildman–Crippen MR) is 152 cm³/mol. The van der Waals surface area contributed by atoms with E-state index in [1.165, 1.54) is 19.5 Å². The number of rotatable bonds is 11. The van der Waals surface area contributed by atoms with Gasteiger partial charge in [-0.1, -0.05) is 0 Å². The lowest BCUT2D eigenvalue weighted by Crippen LogP contribution is -2.46. The van der Waals surface area contributed by atoms with Crippen molar-refractivity contribution in [2.24, 2.45) is 11.8 Å². The molecular formula is C30H45FN4O7. The molecule has 1 aromatic heterocycles. The van der Waals surface area contributed by atoms with E-state index in [1.54, 1.807) is 15.9 Å². The van der Waals surface area contributed by atoms with Gasteiger partial charge in [0, 0.05) is 38.8 Å². The zero-order chi connectivity index (χ0) is 30.7. The molecule has 1 N–H and O–H groups in total. The van der Waals surface area contributed by atoms with Gasteiger partial charge >= 0.3 is 12.1 Å². The van der Waals surface area contributed by atoms with E-state index < -0.39 is 30.2 Å². The standard InChI is InChI=1S/C30H45FN4O7/c1-30(2,3)42-29(39)34-13-9-21(10-14-34)7-8-26(36)35-12-5-6-22(20-35)28(38)33-25(17-27(37)40-4)23-16-24(19-32-18-23)41-15-11-31/h16,18-19,21-22,25H,5-15,17,20H2,1-4H3,(H,33,38)/t22-,25+/m1/s1/i31-1. The molecular weight excluding hydrogens is 546 g/mol. The molecule has 3 rings (SSSR count). The molecule has 3 amide bonds. The van der Waals surface area contributed by atoms with E-state index in [0.717, 1.165) is 19.3 Å². The summed E-state index contributed by atoms with van der Waals surface area (Å²) in [5, 5.41) is 2.93. The number of carbonyl (C=O) groups is 4. The summed E-state index contributed by atoms with van der Waals surface area (Å²) in [6.07, 6.45) is 6.67. The molecule has 0 saturated carbocycles. The molecule has 234 valence electrons. The number of piperidine rings is 2. The van der Waals surface area contributed by atoms with Crippen molar-refractivity contribution in [3.8, 4) is 5.75 Å². The van der Waals surface area contributed by atoms with Crippen molar-refractivity contribution in [1.82, 2.24) is 20.1 Å². The maximum atomic E-state index is 13.3. The van der Waals surface area contributed by atoms with E-state index >= 15 is 0 Å². The average Bonchev–Trinajstić information content (AvgIpc) is 2.97. The number of hydrogen-bond donors (Lipinski definition) is 1. The van der Waals surface area contributed by atoms with Crippen LogP contribution in [0.5, 0.6) is 5.75 Å². The fraction of sp³-hybridized carbons (Fsp3) is 0.700. The molecule has 2 fully saturated rings. The predicted octanol–water partition coefficient (Wildman–Crippen LogP) is 3.82. The molecule has 12 heteroatoms. The molecule has 0 unspecified atom stereocenters. The van der Waals surface area contributed by atoms with Gasteiger partial charge in [0.2, 0.25) is 11.8 Å². The number of aromatic nitrogens is 1. The van der Waals surface area contributed by atoms with Crippen LogP contribution in [0.25, 0.3) is 0 Å². The molecule has 0 spiro atoms. The first kappa shape index (κ1) is 33.1. The lowest BCUT2D eigenvalue weighted by atomic mass is 9.91. The Labute approximate surface area is 247 Å². The maximum Gasteiger partial charge on any atom is 0.410 e. The minimum atomic E-state index is -0.719. The Bertz CT molecular complexity index is 1070. The summed E-state index contributed by atoms with van der Waals surface area (Å²) in [6.45, 7) is 6.91. The molecule has 2 atom stereocenters. The van der Waals surface area contributed by atoms with Crippen molar-refractivity contribution in [2.45, 2.75) is 77.4 Å². The maximum absolute atomic E-state index is 13.3. The lowest BCUT2D eigenvalue weighted by Gasteiger charge is -2.35. The number of nitrogens with one attached hydrogen (secondary N) is 1. The third kappa shape index (κ3) is 10.4. The molecule has 0 bridgehead atoms. The number of ether oxygens (including phenoxy) is 3. The zero-order valence-electron chi connectivity index (χ0n) is 25.2. The van der Waals surface area contributed by atoms with E-state index in [1.807, 2.05) is 20.8 Å². The number of pyridine rings is 1. The van der Waals surface area contributed by atoms with Crippen LogP contribution in [0, 0.1) is 11.8 Å². The quantitative estimate of drug-likeness (QED) is 0.385. The molecule has 3 heterocycles. The molecule has 0 aliphatic carbocycles. The monoisotopic (exact) mass is 591 g/mol. The first-order chi connectivity index (χ1) is 20.0. The second kappa shape index (κ2) is 15.7. The molecule has 42 heavy (non-hydrogen) atoms. The zero-order valence-corrected chi connectivity index (χ0v) is 25.2. The third-order valence-corrected chi connectivity index (χ3v) is 7.58. The van der Waals surface area contributed by atoms with Crippen LogP contribution in [0.15, 0.2) is 18.5 Å². The minimum Gasteiger partial charge on any atom is -0.489 e. The summed E-state index contributed by atoms with van der Waals surface area (Å²) in [6, 6.07) is 0.898. The van der Waals surface area contributed by atoms with Gasteiger partial charge in [0.25, 0.3) is 0 Å². The summed E-state index contributed by atoms with van der Waals surface area (Å²) < 4.78 is 28.1. The van der Waals surface area contributed by atoms with Crippen LogP contribution < -0.4 is 10.1 Å². The number of nitrogens with zero attached hydrogens (tertiary/aromatic N) is 3. The number of halogens is 1. The number of amides is 3. The van der Waals surface area contributed by atoms with Gasteiger partial charge in [0.05, 0.1) is 31.7 Å². The Morgan fingerprint density at radius 2 is 1.83 bits per heavy atom. The average molecular weight is 592 g/mol. The van der Waals surface area contributed by atoms with E-state index in [2.05, 4.69) is 10.3 Å². The van der Waals surface area contributed by atoms with Crippen LogP contribution in [0.3, 0.4) is 0 Å². The summed E-state index contributed by atoms with van der Waals surface area (Å²) in [4.78, 5) is 58.4. The highest BCUT2D eigenvalue weighted by atomic mass is 18.2. The second-order valence-corrected chi connectivity index (χ2v) is 12.0. The Kier molecular flexibility index (Phi) is 12.4. The highest BCUT2D eigenvalue weighted by molar-refractivity contribution is 5.82. The number of methoxy groups -OCH3 is 1. The molecule has 1 aromatic rings. The number of hydrogen-bond acceptors (Lipinski definition) is 8. The molecule has 2 saturated heterocycles. The summed E-state index contributed by atoms with van der Waals surface area (Å²) in [5.41, 5.74) is 0.00596. The third-order valence-electron chi connectivity index (χ3n) is 7.58. The van der Waals surface area contributed by atoms with E-state index in [9.17, 15) is 23.6 Å². The summed E-state index contributed by atoms with van der Waals surface area (Å²) >= 11 is 0. The number of esters is 1. The Hall–Kier alpha value is -3.44. The Balaban J connectivity index is 1.51. The first-order valence-electron chi connectivity index (χ1n) is 14.8. The van der Waals surface area contributed by atoms with Gasteiger partial charge in [-0.2, -0.15) is 0 Å². The van der Waals surface area contributed by atoms with E-state index in [-0.39, 0.29) is 30.9 Å². The molecule has 2 aliphatic rings. The number of carbonyl (C=O) groups excluding carboxylic acids is 4. The van der Waals surface area contributed by atoms with Gasteiger partial charge in [0.15, 0.2) is 0 Å². The normalized spacial score (nSPS) is 18.6. The smallest absolute Gasteiger partial charge is 0.410 e. The molecule has 0 radical (unpaired) electrons. The van der Waals surface area contributed by atoms with Gasteiger partial charge in [0.1, 0.15) is 24.6 Å². The van der Waals surface area contributed by atoms with Crippen molar-refractivity contribution in [2.75, 3.05) is 46.6 Å². The van der Waals surface area contributed by atoms with Crippen LogP contribution in [0.4, 0.5) is 9.18 Å². The largest absolute Gasteiger partial charge is 0.489 e. The topological polar surface area (TPSA) is 127 Å². The fourth-order valence-electron chi connectivity index (χ4n) is 5.29. The van der Waals surface area contributed by atoms with Crippen LogP contribution >= 0.6 is 0 Å². The fourth-order valence-corrected chi connectivity index (χ4v) is 5.29. The molecule has 2 aliphatic heterocycles. The van der Waals surface area contributed by atoms with Gasteiger partial charge in [-0.25, -0.2) is 9.18 Å². The van der Waals surface area contributed by atoms with Crippen molar-refractivity contribution < 1.29 is 37.8 Å². The highest BCUT2D eigenvalue weighted by Gasteiger charge is 2.32. The van der Waals surface area contributed by atoms with Gasteiger partial charge in [-0.3, -0.25) is 19.4 Å².